The topological polar surface area (TPSA) is 62.8 Å². The number of carbonyl (C=O) groups is 1. The van der Waals surface area contributed by atoms with E-state index in [1.807, 2.05) is 12.1 Å². The number of fused-ring (bicyclic) bond motifs is 1. The number of nitrogens with one attached hydrogen (secondary N) is 2. The Morgan fingerprint density at radius 1 is 1.09 bits per heavy atom. The van der Waals surface area contributed by atoms with Gasteiger partial charge in [0.05, 0.1) is 25.5 Å². The molecule has 1 aliphatic carbocycles. The van der Waals surface area contributed by atoms with Gasteiger partial charge in [0.15, 0.2) is 11.5 Å². The first-order valence-corrected chi connectivity index (χ1v) is 11.3. The number of rotatable bonds is 5. The average Bonchev–Trinajstić information content (AvgIpc) is 3.15. The smallest absolute Gasteiger partial charge is 0.418 e. The van der Waals surface area contributed by atoms with E-state index in [0.717, 1.165) is 31.9 Å². The highest BCUT2D eigenvalue weighted by molar-refractivity contribution is 5.90. The van der Waals surface area contributed by atoms with Crippen LogP contribution < -0.4 is 20.1 Å². The number of ether oxygens (including phenoxy) is 2. The van der Waals surface area contributed by atoms with Crippen LogP contribution in [0.15, 0.2) is 42.5 Å². The number of likely N-dealkylation sites (tertiary alicyclic amines) is 1. The number of benzene rings is 2. The van der Waals surface area contributed by atoms with E-state index in [0.29, 0.717) is 17.9 Å². The fraction of sp³-hybridized carbons (Fsp3) is 0.480. The minimum absolute atomic E-state index is 0.0775. The van der Waals surface area contributed by atoms with Crippen molar-refractivity contribution < 1.29 is 27.4 Å². The molecule has 9 heteroatoms. The molecule has 2 aromatic carbocycles. The Labute approximate surface area is 197 Å². The molecule has 6 nitrogen and oxygen atoms in total. The summed E-state index contributed by atoms with van der Waals surface area (Å²) in [6, 6.07) is 10.5. The van der Waals surface area contributed by atoms with E-state index in [2.05, 4.69) is 28.6 Å². The number of halogens is 3. The number of alkyl halides is 3. The third-order valence-corrected chi connectivity index (χ3v) is 7.30. The summed E-state index contributed by atoms with van der Waals surface area (Å²) in [5.74, 6) is 1.36. The zero-order chi connectivity index (χ0) is 24.5. The van der Waals surface area contributed by atoms with Crippen molar-refractivity contribution in [2.45, 2.75) is 49.4 Å². The molecular weight excluding hydrogens is 447 g/mol. The number of para-hydroxylation sites is 1. The first kappa shape index (κ1) is 24.2. The predicted molar refractivity (Wildman–Crippen MR) is 123 cm³/mol. The highest BCUT2D eigenvalue weighted by atomic mass is 19.4. The lowest BCUT2D eigenvalue weighted by molar-refractivity contribution is -0.136. The number of methoxy groups -OCH3 is 2. The minimum atomic E-state index is -4.54. The number of likely N-dealkylation sites (N-methyl/N-ethyl adjacent to an activating group) is 1. The van der Waals surface area contributed by atoms with Crippen LogP contribution >= 0.6 is 0 Å². The van der Waals surface area contributed by atoms with Crippen LogP contribution in [0.25, 0.3) is 0 Å². The maximum Gasteiger partial charge on any atom is 0.418 e. The molecule has 1 saturated heterocycles. The van der Waals surface area contributed by atoms with Gasteiger partial charge in [0.1, 0.15) is 0 Å². The molecule has 0 aromatic heterocycles. The molecule has 0 spiro atoms. The molecule has 4 rings (SSSR count). The molecule has 0 radical (unpaired) electrons. The number of hydrogen-bond donors (Lipinski definition) is 2. The van der Waals surface area contributed by atoms with E-state index < -0.39 is 17.8 Å². The van der Waals surface area contributed by atoms with E-state index in [1.165, 1.54) is 23.8 Å². The second-order valence-corrected chi connectivity index (χ2v) is 9.09. The Balaban J connectivity index is 1.49. The van der Waals surface area contributed by atoms with Gasteiger partial charge in [-0.15, -0.1) is 0 Å². The molecule has 0 bridgehead atoms. The molecule has 2 N–H and O–H groups in total. The zero-order valence-corrected chi connectivity index (χ0v) is 19.5. The summed E-state index contributed by atoms with van der Waals surface area (Å²) < 4.78 is 50.7. The number of urea groups is 1. The van der Waals surface area contributed by atoms with Crippen LogP contribution in [0.5, 0.6) is 11.5 Å². The summed E-state index contributed by atoms with van der Waals surface area (Å²) in [6.45, 7) is 0.927. The molecule has 1 heterocycles. The van der Waals surface area contributed by atoms with Crippen LogP contribution in [0.3, 0.4) is 0 Å². The molecule has 2 aromatic rings. The Hall–Kier alpha value is -2.94. The number of anilines is 1. The number of carbonyl (C=O) groups excluding carboxylic acids is 1. The molecule has 3 atom stereocenters. The summed E-state index contributed by atoms with van der Waals surface area (Å²) in [6.07, 6.45) is -1.27. The monoisotopic (exact) mass is 477 g/mol. The van der Waals surface area contributed by atoms with Gasteiger partial charge in [-0.25, -0.2) is 4.79 Å². The van der Waals surface area contributed by atoms with Gasteiger partial charge in [0.25, 0.3) is 0 Å². The summed E-state index contributed by atoms with van der Waals surface area (Å²) in [5.41, 5.74) is -0.00877. The predicted octanol–water partition coefficient (Wildman–Crippen LogP) is 5.04. The van der Waals surface area contributed by atoms with Crippen molar-refractivity contribution in [2.24, 2.45) is 0 Å². The summed E-state index contributed by atoms with van der Waals surface area (Å²) in [7, 11) is 5.31. The molecule has 1 aliphatic heterocycles. The second kappa shape index (κ2) is 9.37. The fourth-order valence-corrected chi connectivity index (χ4v) is 5.58. The molecule has 1 saturated carbocycles. The van der Waals surface area contributed by atoms with Crippen LogP contribution in [0.1, 0.15) is 36.8 Å². The maximum absolute atomic E-state index is 13.3. The Kier molecular flexibility index (Phi) is 6.66. The van der Waals surface area contributed by atoms with Gasteiger partial charge in [-0.1, -0.05) is 18.2 Å². The van der Waals surface area contributed by atoms with Crippen molar-refractivity contribution in [3.63, 3.8) is 0 Å². The summed E-state index contributed by atoms with van der Waals surface area (Å²) in [4.78, 5) is 14.9. The van der Waals surface area contributed by atoms with Gasteiger partial charge >= 0.3 is 12.2 Å². The van der Waals surface area contributed by atoms with Crippen molar-refractivity contribution in [2.75, 3.05) is 33.1 Å². The van der Waals surface area contributed by atoms with Gasteiger partial charge in [0, 0.05) is 17.5 Å². The lowest BCUT2D eigenvalue weighted by atomic mass is 9.65. The van der Waals surface area contributed by atoms with E-state index >= 15 is 0 Å². The van der Waals surface area contributed by atoms with E-state index in [-0.39, 0.29) is 23.2 Å². The Morgan fingerprint density at radius 2 is 1.82 bits per heavy atom. The molecule has 0 unspecified atom stereocenters. The summed E-state index contributed by atoms with van der Waals surface area (Å²) >= 11 is 0. The molecule has 2 fully saturated rings. The third-order valence-electron chi connectivity index (χ3n) is 7.30. The molecule has 2 amide bonds. The molecule has 34 heavy (non-hydrogen) atoms. The van der Waals surface area contributed by atoms with Crippen molar-refractivity contribution in [1.82, 2.24) is 10.2 Å². The van der Waals surface area contributed by atoms with Gasteiger partial charge in [-0.3, -0.25) is 0 Å². The zero-order valence-electron chi connectivity index (χ0n) is 19.5. The Bertz CT molecular complexity index is 1050. The summed E-state index contributed by atoms with van der Waals surface area (Å²) in [5, 5.41) is 5.29. The van der Waals surface area contributed by atoms with Crippen molar-refractivity contribution in [3.8, 4) is 11.5 Å². The highest BCUT2D eigenvalue weighted by Gasteiger charge is 2.50. The van der Waals surface area contributed by atoms with E-state index in [1.54, 1.807) is 14.2 Å². The van der Waals surface area contributed by atoms with Crippen LogP contribution in [0.4, 0.5) is 23.7 Å². The molecule has 184 valence electrons. The van der Waals surface area contributed by atoms with Crippen LogP contribution in [0, 0.1) is 0 Å². The van der Waals surface area contributed by atoms with Gasteiger partial charge < -0.3 is 25.0 Å². The first-order chi connectivity index (χ1) is 16.2. The SMILES string of the molecule is COc1ccc([C@@]23CC[C@@H](NC(=O)Nc4ccccc4C(F)(F)F)C[C@@H]2N(C)CC3)cc1OC. The number of hydrogen-bond acceptors (Lipinski definition) is 4. The van der Waals surface area contributed by atoms with Crippen LogP contribution in [0.2, 0.25) is 0 Å². The largest absolute Gasteiger partial charge is 0.493 e. The standard InChI is InChI=1S/C25H30F3N3O3/c1-31-13-12-24(16-8-9-20(33-2)21(14-16)34-3)11-10-17(15-22(24)31)29-23(32)30-19-7-5-4-6-18(19)25(26,27)28/h4-9,14,17,22H,10-13,15H2,1-3H3,(H2,29,30,32)/t17-,22+,24+/m1/s1. The minimum Gasteiger partial charge on any atom is -0.493 e. The van der Waals surface area contributed by atoms with Gasteiger partial charge in [0.2, 0.25) is 0 Å². The fourth-order valence-electron chi connectivity index (χ4n) is 5.58. The van der Waals surface area contributed by atoms with Crippen molar-refractivity contribution in [1.29, 1.82) is 0 Å². The molecular formula is C25H30F3N3O3. The first-order valence-electron chi connectivity index (χ1n) is 11.3. The van der Waals surface area contributed by atoms with Crippen LogP contribution in [-0.2, 0) is 11.6 Å². The lowest BCUT2D eigenvalue weighted by Gasteiger charge is -2.45. The number of nitrogens with zero attached hydrogens (tertiary/aromatic N) is 1. The number of amides is 2. The van der Waals surface area contributed by atoms with E-state index in [4.69, 9.17) is 9.47 Å². The van der Waals surface area contributed by atoms with Gasteiger partial charge in [-0.2, -0.15) is 13.2 Å². The second-order valence-electron chi connectivity index (χ2n) is 9.09. The Morgan fingerprint density at radius 3 is 2.53 bits per heavy atom. The van der Waals surface area contributed by atoms with Gasteiger partial charge in [-0.05, 0) is 69.1 Å². The van der Waals surface area contributed by atoms with Crippen LogP contribution in [-0.4, -0.2) is 50.8 Å². The van der Waals surface area contributed by atoms with Crippen molar-refractivity contribution in [3.05, 3.63) is 53.6 Å². The lowest BCUT2D eigenvalue weighted by Crippen LogP contribution is -2.52. The van der Waals surface area contributed by atoms with Crippen molar-refractivity contribution >= 4 is 11.7 Å². The normalized spacial score (nSPS) is 24.9. The average molecular weight is 478 g/mol. The maximum atomic E-state index is 13.3. The van der Waals surface area contributed by atoms with E-state index in [9.17, 15) is 18.0 Å². The quantitative estimate of drug-likeness (QED) is 0.634. The molecule has 2 aliphatic rings. The highest BCUT2D eigenvalue weighted by Crippen LogP contribution is 2.50. The third kappa shape index (κ3) is 4.53.